The largest absolute Gasteiger partial charge is 0.496 e. The number of carbonyl (C=O) groups is 1. The maximum Gasteiger partial charge on any atom is 0.166 e. The van der Waals surface area contributed by atoms with Crippen molar-refractivity contribution in [2.75, 3.05) is 14.2 Å². The van der Waals surface area contributed by atoms with Crippen molar-refractivity contribution in [3.05, 3.63) is 22.7 Å². The van der Waals surface area contributed by atoms with Gasteiger partial charge in [-0.25, -0.2) is 0 Å². The number of halogens is 1. The first-order chi connectivity index (χ1) is 7.13. The van der Waals surface area contributed by atoms with Gasteiger partial charge in [-0.2, -0.15) is 0 Å². The van der Waals surface area contributed by atoms with Crippen LogP contribution in [0.25, 0.3) is 0 Å². The van der Waals surface area contributed by atoms with Crippen molar-refractivity contribution >= 4 is 17.4 Å². The molecule has 1 aromatic carbocycles. The number of methoxy groups -OCH3 is 2. The minimum absolute atomic E-state index is 0.00333. The quantitative estimate of drug-likeness (QED) is 0.744. The first kappa shape index (κ1) is 11.9. The van der Waals surface area contributed by atoms with Crippen LogP contribution in [0.3, 0.4) is 0 Å². The Balaban J connectivity index is 3.27. The summed E-state index contributed by atoms with van der Waals surface area (Å²) in [6.07, 6.45) is 0.416. The lowest BCUT2D eigenvalue weighted by atomic mass is 10.1. The van der Waals surface area contributed by atoms with Gasteiger partial charge in [0, 0.05) is 12.5 Å². The Morgan fingerprint density at radius 1 is 1.27 bits per heavy atom. The SMILES string of the molecule is CCC(=O)c1cc(Cl)c(OC)cc1OC. The zero-order valence-corrected chi connectivity index (χ0v) is 9.72. The Morgan fingerprint density at radius 2 is 1.87 bits per heavy atom. The van der Waals surface area contributed by atoms with Gasteiger partial charge in [0.2, 0.25) is 0 Å². The molecule has 0 aliphatic rings. The predicted octanol–water partition coefficient (Wildman–Crippen LogP) is 2.95. The molecule has 1 rings (SSSR count). The standard InChI is InChI=1S/C11H13ClO3/c1-4-9(13)7-5-8(12)11(15-3)6-10(7)14-2/h5-6H,4H2,1-3H3. The van der Waals surface area contributed by atoms with E-state index in [4.69, 9.17) is 21.1 Å². The maximum atomic E-state index is 11.6. The van der Waals surface area contributed by atoms with Crippen LogP contribution in [-0.2, 0) is 0 Å². The molecule has 1 aromatic rings. The Hall–Kier alpha value is -1.22. The lowest BCUT2D eigenvalue weighted by Crippen LogP contribution is -2.01. The van der Waals surface area contributed by atoms with E-state index in [1.54, 1.807) is 19.1 Å². The van der Waals surface area contributed by atoms with Gasteiger partial charge in [0.05, 0.1) is 24.8 Å². The average Bonchev–Trinajstić information content (AvgIpc) is 2.27. The lowest BCUT2D eigenvalue weighted by molar-refractivity contribution is 0.0985. The molecular weight excluding hydrogens is 216 g/mol. The van der Waals surface area contributed by atoms with Gasteiger partial charge in [-0.05, 0) is 6.07 Å². The van der Waals surface area contributed by atoms with Gasteiger partial charge in [-0.15, -0.1) is 0 Å². The van der Waals surface area contributed by atoms with Crippen molar-refractivity contribution in [1.29, 1.82) is 0 Å². The Kier molecular flexibility index (Phi) is 3.97. The van der Waals surface area contributed by atoms with Crippen LogP contribution in [0.15, 0.2) is 12.1 Å². The minimum atomic E-state index is -0.00333. The molecule has 0 saturated carbocycles. The van der Waals surface area contributed by atoms with E-state index in [1.807, 2.05) is 0 Å². The van der Waals surface area contributed by atoms with Crippen LogP contribution in [-0.4, -0.2) is 20.0 Å². The molecule has 0 bridgehead atoms. The van der Waals surface area contributed by atoms with Gasteiger partial charge in [0.25, 0.3) is 0 Å². The van der Waals surface area contributed by atoms with Gasteiger partial charge in [-0.1, -0.05) is 18.5 Å². The summed E-state index contributed by atoms with van der Waals surface area (Å²) < 4.78 is 10.1. The van der Waals surface area contributed by atoms with E-state index in [2.05, 4.69) is 0 Å². The molecule has 0 heterocycles. The molecule has 82 valence electrons. The van der Waals surface area contributed by atoms with Gasteiger partial charge in [0.15, 0.2) is 5.78 Å². The molecule has 0 aliphatic heterocycles. The molecule has 0 N–H and O–H groups in total. The molecule has 0 spiro atoms. The van der Waals surface area contributed by atoms with Crippen molar-refractivity contribution in [3.8, 4) is 11.5 Å². The number of ether oxygens (including phenoxy) is 2. The summed E-state index contributed by atoms with van der Waals surface area (Å²) in [5, 5.41) is 0.412. The van der Waals surface area contributed by atoms with Crippen molar-refractivity contribution in [1.82, 2.24) is 0 Å². The fourth-order valence-corrected chi connectivity index (χ4v) is 1.51. The highest BCUT2D eigenvalue weighted by atomic mass is 35.5. The molecule has 0 aliphatic carbocycles. The summed E-state index contributed by atoms with van der Waals surface area (Å²) >= 11 is 5.93. The van der Waals surface area contributed by atoms with Gasteiger partial charge >= 0.3 is 0 Å². The smallest absolute Gasteiger partial charge is 0.166 e. The third-order valence-corrected chi connectivity index (χ3v) is 2.39. The van der Waals surface area contributed by atoms with Gasteiger partial charge in [-0.3, -0.25) is 4.79 Å². The molecule has 0 radical (unpaired) electrons. The second-order valence-corrected chi connectivity index (χ2v) is 3.37. The fraction of sp³-hybridized carbons (Fsp3) is 0.364. The Labute approximate surface area is 93.9 Å². The molecule has 15 heavy (non-hydrogen) atoms. The van der Waals surface area contributed by atoms with Crippen LogP contribution in [0.4, 0.5) is 0 Å². The molecule has 0 amide bonds. The molecule has 0 atom stereocenters. The Bertz CT molecular complexity index is 374. The summed E-state index contributed by atoms with van der Waals surface area (Å²) in [4.78, 5) is 11.6. The predicted molar refractivity (Wildman–Crippen MR) is 59.2 cm³/mol. The molecule has 0 saturated heterocycles. The highest BCUT2D eigenvalue weighted by Crippen LogP contribution is 2.32. The summed E-state index contributed by atoms with van der Waals surface area (Å²) in [7, 11) is 3.02. The topological polar surface area (TPSA) is 35.5 Å². The Morgan fingerprint density at radius 3 is 2.33 bits per heavy atom. The number of hydrogen-bond donors (Lipinski definition) is 0. The monoisotopic (exact) mass is 228 g/mol. The first-order valence-electron chi connectivity index (χ1n) is 4.58. The van der Waals surface area contributed by atoms with Crippen molar-refractivity contribution in [3.63, 3.8) is 0 Å². The molecule has 4 heteroatoms. The van der Waals surface area contributed by atoms with E-state index in [9.17, 15) is 4.79 Å². The highest BCUT2D eigenvalue weighted by molar-refractivity contribution is 6.32. The van der Waals surface area contributed by atoms with Crippen LogP contribution in [0.2, 0.25) is 5.02 Å². The van der Waals surface area contributed by atoms with Crippen LogP contribution in [0, 0.1) is 0 Å². The van der Waals surface area contributed by atoms with Crippen LogP contribution < -0.4 is 9.47 Å². The second-order valence-electron chi connectivity index (χ2n) is 2.96. The summed E-state index contributed by atoms with van der Waals surface area (Å²) in [6, 6.07) is 3.19. The average molecular weight is 229 g/mol. The summed E-state index contributed by atoms with van der Waals surface area (Å²) in [5.41, 5.74) is 0.491. The lowest BCUT2D eigenvalue weighted by Gasteiger charge is -2.10. The zero-order valence-electron chi connectivity index (χ0n) is 8.96. The van der Waals surface area contributed by atoms with Crippen LogP contribution >= 0.6 is 11.6 Å². The fourth-order valence-electron chi connectivity index (χ4n) is 1.27. The van der Waals surface area contributed by atoms with E-state index >= 15 is 0 Å². The minimum Gasteiger partial charge on any atom is -0.496 e. The number of Topliss-reactive ketones (excluding diaryl/α,β-unsaturated/α-hetero) is 1. The third kappa shape index (κ3) is 2.42. The maximum absolute atomic E-state index is 11.6. The van der Waals surface area contributed by atoms with E-state index in [1.165, 1.54) is 14.2 Å². The highest BCUT2D eigenvalue weighted by Gasteiger charge is 2.14. The zero-order chi connectivity index (χ0) is 11.4. The second kappa shape index (κ2) is 5.03. The van der Waals surface area contributed by atoms with Gasteiger partial charge in [0.1, 0.15) is 11.5 Å². The summed E-state index contributed by atoms with van der Waals surface area (Å²) in [5.74, 6) is 0.987. The molecule has 0 unspecified atom stereocenters. The normalized spacial score (nSPS) is 9.87. The number of benzene rings is 1. The van der Waals surface area contributed by atoms with Crippen LogP contribution in [0.5, 0.6) is 11.5 Å². The van der Waals surface area contributed by atoms with Crippen molar-refractivity contribution in [2.45, 2.75) is 13.3 Å². The molecule has 0 fully saturated rings. The number of hydrogen-bond acceptors (Lipinski definition) is 3. The molecular formula is C11H13ClO3. The molecule has 3 nitrogen and oxygen atoms in total. The molecule has 0 aromatic heterocycles. The van der Waals surface area contributed by atoms with E-state index in [0.717, 1.165) is 0 Å². The van der Waals surface area contributed by atoms with E-state index in [0.29, 0.717) is 28.5 Å². The first-order valence-corrected chi connectivity index (χ1v) is 4.96. The number of ketones is 1. The van der Waals surface area contributed by atoms with Crippen LogP contribution in [0.1, 0.15) is 23.7 Å². The number of carbonyl (C=O) groups excluding carboxylic acids is 1. The summed E-state index contributed by atoms with van der Waals surface area (Å²) in [6.45, 7) is 1.79. The van der Waals surface area contributed by atoms with E-state index in [-0.39, 0.29) is 5.78 Å². The number of rotatable bonds is 4. The van der Waals surface area contributed by atoms with E-state index < -0.39 is 0 Å². The van der Waals surface area contributed by atoms with Crippen molar-refractivity contribution in [2.24, 2.45) is 0 Å². The van der Waals surface area contributed by atoms with Gasteiger partial charge < -0.3 is 9.47 Å². The third-order valence-electron chi connectivity index (χ3n) is 2.10. The van der Waals surface area contributed by atoms with Crippen molar-refractivity contribution < 1.29 is 14.3 Å².